The number of nitrogens with zero attached hydrogens (tertiary/aromatic N) is 2. The minimum Gasteiger partial charge on any atom is -0.435 e. The summed E-state index contributed by atoms with van der Waals surface area (Å²) in [5.41, 5.74) is 1.15. The SMILES string of the molecule is CC(CCc1ccc(OC(F)F)cc1)NCCCN1CCN(C)CC1. The van der Waals surface area contributed by atoms with Gasteiger partial charge in [-0.05, 0) is 64.0 Å². The molecule has 1 fully saturated rings. The lowest BCUT2D eigenvalue weighted by Crippen LogP contribution is -2.45. The summed E-state index contributed by atoms with van der Waals surface area (Å²) in [6.45, 7) is 6.34. The second-order valence-electron chi connectivity index (χ2n) is 6.91. The monoisotopic (exact) mass is 355 g/mol. The number of aryl methyl sites for hydroxylation is 1. The Morgan fingerprint density at radius 3 is 2.44 bits per heavy atom. The van der Waals surface area contributed by atoms with E-state index in [-0.39, 0.29) is 5.75 Å². The molecule has 0 radical (unpaired) electrons. The molecule has 1 N–H and O–H groups in total. The molecular weight excluding hydrogens is 324 g/mol. The van der Waals surface area contributed by atoms with Gasteiger partial charge in [-0.15, -0.1) is 0 Å². The molecule has 1 saturated heterocycles. The quantitative estimate of drug-likeness (QED) is 0.653. The molecule has 0 amide bonds. The number of rotatable bonds is 10. The Kier molecular flexibility index (Phi) is 8.58. The molecule has 1 unspecified atom stereocenters. The molecule has 2 rings (SSSR count). The van der Waals surface area contributed by atoms with Crippen LogP contribution >= 0.6 is 0 Å². The molecule has 0 aliphatic carbocycles. The highest BCUT2D eigenvalue weighted by Crippen LogP contribution is 2.16. The summed E-state index contributed by atoms with van der Waals surface area (Å²) in [6.07, 6.45) is 3.14. The Bertz CT molecular complexity index is 476. The van der Waals surface area contributed by atoms with Crippen LogP contribution in [0.25, 0.3) is 0 Å². The smallest absolute Gasteiger partial charge is 0.387 e. The van der Waals surface area contributed by atoms with Crippen molar-refractivity contribution in [1.82, 2.24) is 15.1 Å². The van der Waals surface area contributed by atoms with Gasteiger partial charge < -0.3 is 19.9 Å². The van der Waals surface area contributed by atoms with Crippen molar-refractivity contribution in [1.29, 1.82) is 0 Å². The number of hydrogen-bond donors (Lipinski definition) is 1. The summed E-state index contributed by atoms with van der Waals surface area (Å²) in [5.74, 6) is 0.217. The number of piperazine rings is 1. The number of hydrogen-bond acceptors (Lipinski definition) is 4. The molecule has 1 aromatic rings. The van der Waals surface area contributed by atoms with E-state index in [4.69, 9.17) is 0 Å². The Hall–Kier alpha value is -1.24. The topological polar surface area (TPSA) is 27.7 Å². The molecule has 1 aromatic carbocycles. The molecule has 1 heterocycles. The highest BCUT2D eigenvalue weighted by atomic mass is 19.3. The Balaban J connectivity index is 1.55. The van der Waals surface area contributed by atoms with E-state index in [0.29, 0.717) is 6.04 Å². The number of halogens is 2. The summed E-state index contributed by atoms with van der Waals surface area (Å²) < 4.78 is 28.6. The first kappa shape index (κ1) is 20.1. The second-order valence-corrected chi connectivity index (χ2v) is 6.91. The molecule has 0 spiro atoms. The van der Waals surface area contributed by atoms with Gasteiger partial charge in [0.2, 0.25) is 0 Å². The fourth-order valence-corrected chi connectivity index (χ4v) is 3.05. The minimum absolute atomic E-state index is 0.217. The number of likely N-dealkylation sites (N-methyl/N-ethyl adjacent to an activating group) is 1. The van der Waals surface area contributed by atoms with E-state index in [1.54, 1.807) is 12.1 Å². The summed E-state index contributed by atoms with van der Waals surface area (Å²) in [6, 6.07) is 7.38. The van der Waals surface area contributed by atoms with Gasteiger partial charge in [0.1, 0.15) is 5.75 Å². The lowest BCUT2D eigenvalue weighted by molar-refractivity contribution is -0.0498. The lowest BCUT2D eigenvalue weighted by Gasteiger charge is -2.32. The Morgan fingerprint density at radius 1 is 1.12 bits per heavy atom. The van der Waals surface area contributed by atoms with E-state index in [9.17, 15) is 8.78 Å². The normalized spacial score (nSPS) is 17.8. The Labute approximate surface area is 150 Å². The number of nitrogens with one attached hydrogen (secondary N) is 1. The third kappa shape index (κ3) is 8.12. The third-order valence-electron chi connectivity index (χ3n) is 4.75. The maximum atomic E-state index is 12.1. The fraction of sp³-hybridized carbons (Fsp3) is 0.684. The Morgan fingerprint density at radius 2 is 1.80 bits per heavy atom. The molecule has 1 aliphatic rings. The van der Waals surface area contributed by atoms with Crippen LogP contribution in [-0.2, 0) is 6.42 Å². The molecule has 0 aromatic heterocycles. The van der Waals surface area contributed by atoms with Gasteiger partial charge in [-0.1, -0.05) is 12.1 Å². The van der Waals surface area contributed by atoms with Gasteiger partial charge in [-0.2, -0.15) is 8.78 Å². The van der Waals surface area contributed by atoms with Crippen molar-refractivity contribution in [2.24, 2.45) is 0 Å². The van der Waals surface area contributed by atoms with Gasteiger partial charge in [0.25, 0.3) is 0 Å². The third-order valence-corrected chi connectivity index (χ3v) is 4.75. The van der Waals surface area contributed by atoms with Crippen molar-refractivity contribution in [3.05, 3.63) is 29.8 Å². The molecule has 25 heavy (non-hydrogen) atoms. The van der Waals surface area contributed by atoms with Crippen molar-refractivity contribution in [2.75, 3.05) is 46.3 Å². The predicted octanol–water partition coefficient (Wildman–Crippen LogP) is 2.84. The maximum absolute atomic E-state index is 12.1. The van der Waals surface area contributed by atoms with Crippen LogP contribution in [0.2, 0.25) is 0 Å². The van der Waals surface area contributed by atoms with Crippen LogP contribution in [0.5, 0.6) is 5.75 Å². The first-order chi connectivity index (χ1) is 12.0. The maximum Gasteiger partial charge on any atom is 0.387 e. The molecule has 4 nitrogen and oxygen atoms in total. The summed E-state index contributed by atoms with van der Waals surface area (Å²) in [7, 11) is 2.18. The van der Waals surface area contributed by atoms with Crippen molar-refractivity contribution < 1.29 is 13.5 Å². The molecular formula is C19H31F2N3O. The van der Waals surface area contributed by atoms with E-state index < -0.39 is 6.61 Å². The van der Waals surface area contributed by atoms with E-state index in [2.05, 4.69) is 33.8 Å². The van der Waals surface area contributed by atoms with E-state index in [0.717, 1.165) is 24.9 Å². The van der Waals surface area contributed by atoms with Crippen LogP contribution in [-0.4, -0.2) is 68.8 Å². The summed E-state index contributed by atoms with van der Waals surface area (Å²) >= 11 is 0. The average Bonchev–Trinajstić information content (AvgIpc) is 2.59. The van der Waals surface area contributed by atoms with E-state index >= 15 is 0 Å². The van der Waals surface area contributed by atoms with Gasteiger partial charge in [0.15, 0.2) is 0 Å². The van der Waals surface area contributed by atoms with Gasteiger partial charge in [-0.25, -0.2) is 0 Å². The highest BCUT2D eigenvalue weighted by Gasteiger charge is 2.12. The molecule has 1 atom stereocenters. The van der Waals surface area contributed by atoms with Crippen LogP contribution in [0.4, 0.5) is 8.78 Å². The zero-order chi connectivity index (χ0) is 18.1. The first-order valence-corrected chi connectivity index (χ1v) is 9.21. The van der Waals surface area contributed by atoms with Crippen molar-refractivity contribution >= 4 is 0 Å². The average molecular weight is 355 g/mol. The fourth-order valence-electron chi connectivity index (χ4n) is 3.05. The van der Waals surface area contributed by atoms with Crippen molar-refractivity contribution in [2.45, 2.75) is 38.8 Å². The van der Waals surface area contributed by atoms with Crippen LogP contribution in [0, 0.1) is 0 Å². The highest BCUT2D eigenvalue weighted by molar-refractivity contribution is 5.27. The van der Waals surface area contributed by atoms with Crippen molar-refractivity contribution in [3.8, 4) is 5.75 Å². The van der Waals surface area contributed by atoms with E-state index in [1.807, 2.05) is 12.1 Å². The molecule has 142 valence electrons. The molecule has 0 bridgehead atoms. The molecule has 0 saturated carbocycles. The molecule has 1 aliphatic heterocycles. The predicted molar refractivity (Wildman–Crippen MR) is 97.4 cm³/mol. The van der Waals surface area contributed by atoms with Crippen LogP contribution < -0.4 is 10.1 Å². The summed E-state index contributed by atoms with van der Waals surface area (Å²) in [5, 5.41) is 3.58. The van der Waals surface area contributed by atoms with Gasteiger partial charge in [0.05, 0.1) is 0 Å². The van der Waals surface area contributed by atoms with E-state index in [1.165, 1.54) is 39.1 Å². The summed E-state index contributed by atoms with van der Waals surface area (Å²) in [4.78, 5) is 4.92. The number of ether oxygens (including phenoxy) is 1. The largest absolute Gasteiger partial charge is 0.435 e. The second kappa shape index (κ2) is 10.7. The van der Waals surface area contributed by atoms with Crippen molar-refractivity contribution in [3.63, 3.8) is 0 Å². The standard InChI is InChI=1S/C19H31F2N3O/c1-16(22-10-3-11-24-14-12-23(2)13-15-24)4-5-17-6-8-18(9-7-17)25-19(20)21/h6-9,16,19,22H,3-5,10-15H2,1-2H3. The number of alkyl halides is 2. The van der Waals surface area contributed by atoms with Gasteiger partial charge in [0, 0.05) is 32.2 Å². The lowest BCUT2D eigenvalue weighted by atomic mass is 10.1. The van der Waals surface area contributed by atoms with Crippen LogP contribution in [0.15, 0.2) is 24.3 Å². The van der Waals surface area contributed by atoms with Gasteiger partial charge in [-0.3, -0.25) is 0 Å². The zero-order valence-electron chi connectivity index (χ0n) is 15.4. The number of benzene rings is 1. The van der Waals surface area contributed by atoms with Crippen LogP contribution in [0.3, 0.4) is 0 Å². The minimum atomic E-state index is -2.76. The van der Waals surface area contributed by atoms with Crippen LogP contribution in [0.1, 0.15) is 25.3 Å². The first-order valence-electron chi connectivity index (χ1n) is 9.21. The van der Waals surface area contributed by atoms with Gasteiger partial charge >= 0.3 is 6.61 Å². The molecule has 6 heteroatoms. The zero-order valence-corrected chi connectivity index (χ0v) is 15.4.